The first-order valence-electron chi connectivity index (χ1n) is 8.74. The molecule has 27 heavy (non-hydrogen) atoms. The van der Waals surface area contributed by atoms with Gasteiger partial charge in [0.05, 0.1) is 6.61 Å². The predicted octanol–water partition coefficient (Wildman–Crippen LogP) is 3.67. The smallest absolute Gasteiger partial charge is 0.411 e. The summed E-state index contributed by atoms with van der Waals surface area (Å²) < 4.78 is 16.3. The molecule has 0 aromatic heterocycles. The molecule has 2 N–H and O–H groups in total. The second-order valence-corrected chi connectivity index (χ2v) is 6.55. The van der Waals surface area contributed by atoms with Crippen LogP contribution in [0.1, 0.15) is 13.8 Å². The number of fused-ring (bicyclic) bond motifs is 1. The van der Waals surface area contributed by atoms with Crippen LogP contribution in [0, 0.1) is 5.92 Å². The number of amides is 2. The molecule has 1 heterocycles. The van der Waals surface area contributed by atoms with Gasteiger partial charge in [0, 0.05) is 11.4 Å². The van der Waals surface area contributed by atoms with Crippen LogP contribution in [0.2, 0.25) is 0 Å². The highest BCUT2D eigenvalue weighted by Crippen LogP contribution is 2.31. The second-order valence-electron chi connectivity index (χ2n) is 6.55. The maximum Gasteiger partial charge on any atom is 0.411 e. The van der Waals surface area contributed by atoms with Crippen LogP contribution in [-0.2, 0) is 9.53 Å². The van der Waals surface area contributed by atoms with E-state index in [1.54, 1.807) is 36.4 Å². The van der Waals surface area contributed by atoms with E-state index in [2.05, 4.69) is 10.6 Å². The lowest BCUT2D eigenvalue weighted by atomic mass is 10.2. The topological polar surface area (TPSA) is 85.9 Å². The van der Waals surface area contributed by atoms with Gasteiger partial charge in [-0.25, -0.2) is 4.79 Å². The summed E-state index contributed by atoms with van der Waals surface area (Å²) in [6, 6.07) is 14.0. The maximum atomic E-state index is 12.5. The first kappa shape index (κ1) is 18.6. The number of hydrogen-bond acceptors (Lipinski definition) is 5. The van der Waals surface area contributed by atoms with Gasteiger partial charge in [0.2, 0.25) is 6.10 Å². The molecular weight excluding hydrogens is 348 g/mol. The van der Waals surface area contributed by atoms with Gasteiger partial charge in [-0.05, 0) is 36.2 Å². The summed E-state index contributed by atoms with van der Waals surface area (Å²) in [5, 5.41) is 5.41. The van der Waals surface area contributed by atoms with Gasteiger partial charge in [0.25, 0.3) is 5.91 Å². The normalized spacial score (nSPS) is 15.1. The van der Waals surface area contributed by atoms with Crippen molar-refractivity contribution in [2.45, 2.75) is 20.0 Å². The number of hydrogen-bond donors (Lipinski definition) is 2. The van der Waals surface area contributed by atoms with E-state index >= 15 is 0 Å². The Morgan fingerprint density at radius 1 is 1.07 bits per heavy atom. The predicted molar refractivity (Wildman–Crippen MR) is 101 cm³/mol. The first-order valence-corrected chi connectivity index (χ1v) is 8.74. The molecule has 0 spiro atoms. The molecule has 3 rings (SSSR count). The van der Waals surface area contributed by atoms with Crippen LogP contribution in [0.15, 0.2) is 48.5 Å². The van der Waals surface area contributed by atoms with E-state index in [-0.39, 0.29) is 18.4 Å². The Hall–Kier alpha value is -3.22. The number of carbonyl (C=O) groups is 2. The quantitative estimate of drug-likeness (QED) is 0.839. The fraction of sp³-hybridized carbons (Fsp3) is 0.300. The molecule has 1 atom stereocenters. The maximum absolute atomic E-state index is 12.5. The zero-order valence-electron chi connectivity index (χ0n) is 15.2. The zero-order chi connectivity index (χ0) is 19.2. The van der Waals surface area contributed by atoms with E-state index in [1.165, 1.54) is 0 Å². The van der Waals surface area contributed by atoms with E-state index in [1.807, 2.05) is 26.0 Å². The highest BCUT2D eigenvalue weighted by atomic mass is 16.6. The largest absolute Gasteiger partial charge is 0.485 e. The number of anilines is 2. The van der Waals surface area contributed by atoms with Gasteiger partial charge in [-0.15, -0.1) is 0 Å². The van der Waals surface area contributed by atoms with E-state index in [0.29, 0.717) is 29.5 Å². The van der Waals surface area contributed by atoms with Crippen molar-refractivity contribution >= 4 is 23.4 Å². The molecule has 7 nitrogen and oxygen atoms in total. The zero-order valence-corrected chi connectivity index (χ0v) is 15.2. The van der Waals surface area contributed by atoms with Crippen molar-refractivity contribution in [3.05, 3.63) is 48.5 Å². The lowest BCUT2D eigenvalue weighted by Gasteiger charge is -2.25. The summed E-state index contributed by atoms with van der Waals surface area (Å²) >= 11 is 0. The van der Waals surface area contributed by atoms with Crippen molar-refractivity contribution in [3.63, 3.8) is 0 Å². The van der Waals surface area contributed by atoms with Gasteiger partial charge in [-0.3, -0.25) is 10.1 Å². The summed E-state index contributed by atoms with van der Waals surface area (Å²) in [6.45, 7) is 4.38. The molecule has 2 amide bonds. The summed E-state index contributed by atoms with van der Waals surface area (Å²) in [5.74, 6) is 1.08. The molecule has 2 aromatic carbocycles. The number of para-hydroxylation sites is 2. The number of rotatable bonds is 5. The fourth-order valence-corrected chi connectivity index (χ4v) is 2.44. The van der Waals surface area contributed by atoms with Gasteiger partial charge < -0.3 is 19.5 Å². The molecule has 1 aliphatic rings. The average Bonchev–Trinajstić information content (AvgIpc) is 2.66. The molecule has 0 bridgehead atoms. The van der Waals surface area contributed by atoms with Crippen LogP contribution in [0.25, 0.3) is 0 Å². The first-order chi connectivity index (χ1) is 13.0. The van der Waals surface area contributed by atoms with E-state index < -0.39 is 12.2 Å². The van der Waals surface area contributed by atoms with E-state index in [0.717, 1.165) is 0 Å². The van der Waals surface area contributed by atoms with Gasteiger partial charge in [-0.2, -0.15) is 0 Å². The third kappa shape index (κ3) is 5.13. The average molecular weight is 370 g/mol. The van der Waals surface area contributed by atoms with Gasteiger partial charge in [-0.1, -0.05) is 32.0 Å². The second kappa shape index (κ2) is 8.44. The molecule has 142 valence electrons. The fourth-order valence-electron chi connectivity index (χ4n) is 2.44. The minimum Gasteiger partial charge on any atom is -0.485 e. The molecule has 0 radical (unpaired) electrons. The van der Waals surface area contributed by atoms with Crippen LogP contribution >= 0.6 is 0 Å². The SMILES string of the molecule is CC(C)COC(=O)Nc1cccc(NC(=O)C2COc3ccccc3O2)c1. The van der Waals surface area contributed by atoms with Crippen molar-refractivity contribution in [3.8, 4) is 11.5 Å². The molecule has 1 unspecified atom stereocenters. The Morgan fingerprint density at radius 2 is 1.78 bits per heavy atom. The molecule has 1 aliphatic heterocycles. The van der Waals surface area contributed by atoms with Crippen LogP contribution in [-0.4, -0.2) is 31.3 Å². The molecule has 0 saturated heterocycles. The Morgan fingerprint density at radius 3 is 2.52 bits per heavy atom. The summed E-state index contributed by atoms with van der Waals surface area (Å²) in [7, 11) is 0. The van der Waals surface area contributed by atoms with E-state index in [4.69, 9.17) is 14.2 Å². The van der Waals surface area contributed by atoms with Crippen LogP contribution < -0.4 is 20.1 Å². The third-order valence-corrected chi connectivity index (χ3v) is 3.73. The highest BCUT2D eigenvalue weighted by molar-refractivity contribution is 5.95. The van der Waals surface area contributed by atoms with Crippen LogP contribution in [0.5, 0.6) is 11.5 Å². The molecular formula is C20H22N2O5. The lowest BCUT2D eigenvalue weighted by molar-refractivity contribution is -0.125. The molecule has 0 aliphatic carbocycles. The summed E-state index contributed by atoms with van der Waals surface area (Å²) in [5.41, 5.74) is 1.05. The number of nitrogens with one attached hydrogen (secondary N) is 2. The Bertz CT molecular complexity index is 822. The summed E-state index contributed by atoms with van der Waals surface area (Å²) in [4.78, 5) is 24.2. The number of benzene rings is 2. The minimum atomic E-state index is -0.757. The number of carbonyl (C=O) groups excluding carboxylic acids is 2. The third-order valence-electron chi connectivity index (χ3n) is 3.73. The van der Waals surface area contributed by atoms with Crippen molar-refractivity contribution < 1.29 is 23.8 Å². The van der Waals surface area contributed by atoms with Crippen molar-refractivity contribution in [2.75, 3.05) is 23.8 Å². The van der Waals surface area contributed by atoms with Crippen molar-refractivity contribution in [2.24, 2.45) is 5.92 Å². The van der Waals surface area contributed by atoms with Crippen LogP contribution in [0.4, 0.5) is 16.2 Å². The minimum absolute atomic E-state index is 0.127. The Kier molecular flexibility index (Phi) is 5.80. The highest BCUT2D eigenvalue weighted by Gasteiger charge is 2.27. The van der Waals surface area contributed by atoms with Crippen LogP contribution in [0.3, 0.4) is 0 Å². The molecule has 7 heteroatoms. The Balaban J connectivity index is 1.58. The molecule has 2 aromatic rings. The van der Waals surface area contributed by atoms with Gasteiger partial charge >= 0.3 is 6.09 Å². The summed E-state index contributed by atoms with van der Waals surface area (Å²) in [6.07, 6.45) is -1.29. The number of ether oxygens (including phenoxy) is 3. The Labute approximate surface area is 157 Å². The van der Waals surface area contributed by atoms with Crippen molar-refractivity contribution in [1.82, 2.24) is 0 Å². The monoisotopic (exact) mass is 370 g/mol. The lowest BCUT2D eigenvalue weighted by Crippen LogP contribution is -2.40. The van der Waals surface area contributed by atoms with Gasteiger partial charge in [0.15, 0.2) is 11.5 Å². The van der Waals surface area contributed by atoms with E-state index in [9.17, 15) is 9.59 Å². The van der Waals surface area contributed by atoms with Gasteiger partial charge in [0.1, 0.15) is 6.61 Å². The van der Waals surface area contributed by atoms with Crippen molar-refractivity contribution in [1.29, 1.82) is 0 Å². The standard InChI is InChI=1S/C20H22N2O5/c1-13(2)11-26-20(24)22-15-7-5-6-14(10-15)21-19(23)18-12-25-16-8-3-4-9-17(16)27-18/h3-10,13,18H,11-12H2,1-2H3,(H,21,23)(H,22,24). The molecule has 0 fully saturated rings. The molecule has 0 saturated carbocycles.